The molecule has 0 atom stereocenters. The predicted octanol–water partition coefficient (Wildman–Crippen LogP) is 3.07. The molecule has 8 heteroatoms. The average Bonchev–Trinajstić information content (AvgIpc) is 2.38. The van der Waals surface area contributed by atoms with Crippen molar-refractivity contribution in [2.75, 3.05) is 13.1 Å². The number of primary amides is 2. The van der Waals surface area contributed by atoms with Crippen LogP contribution in [0.5, 0.6) is 0 Å². The Morgan fingerprint density at radius 2 is 0.773 bits per heavy atom. The lowest BCUT2D eigenvalue weighted by molar-refractivity contribution is 0.248. The zero-order valence-corrected chi connectivity index (χ0v) is 14.9. The smallest absolute Gasteiger partial charge is 0.312 e. The molecule has 0 radical (unpaired) electrons. The fourth-order valence-corrected chi connectivity index (χ4v) is 2.09. The standard InChI is InChI=1S/C14H30N4O2.2ClH/c15-13(19)17-11-9-7-5-3-1-2-4-6-8-10-12-18-14(16)20;;/h1-12H2,(H3,15,17,19)(H3,16,18,20);2*1H. The van der Waals surface area contributed by atoms with Crippen LogP contribution in [0.1, 0.15) is 64.2 Å². The number of carbonyl (C=O) groups is 2. The van der Waals surface area contributed by atoms with Crippen molar-refractivity contribution < 1.29 is 9.59 Å². The van der Waals surface area contributed by atoms with E-state index in [1.54, 1.807) is 0 Å². The first-order valence-electron chi connectivity index (χ1n) is 7.69. The molecule has 0 rings (SSSR count). The Labute approximate surface area is 146 Å². The zero-order valence-electron chi connectivity index (χ0n) is 13.3. The van der Waals surface area contributed by atoms with E-state index in [9.17, 15) is 9.59 Å². The lowest BCUT2D eigenvalue weighted by Gasteiger charge is -2.04. The summed E-state index contributed by atoms with van der Waals surface area (Å²) in [5.41, 5.74) is 9.94. The van der Waals surface area contributed by atoms with Crippen LogP contribution in [-0.4, -0.2) is 25.2 Å². The molecule has 6 nitrogen and oxygen atoms in total. The maximum Gasteiger partial charge on any atom is 0.312 e. The monoisotopic (exact) mass is 358 g/mol. The SMILES string of the molecule is Cl.Cl.NC(=O)NCCCCCCCCCCCCNC(N)=O. The third-order valence-electron chi connectivity index (χ3n) is 3.20. The third kappa shape index (κ3) is 24.2. The van der Waals surface area contributed by atoms with E-state index in [0.29, 0.717) is 13.1 Å². The summed E-state index contributed by atoms with van der Waals surface area (Å²) in [5.74, 6) is 0. The van der Waals surface area contributed by atoms with E-state index in [0.717, 1.165) is 25.7 Å². The summed E-state index contributed by atoms with van der Waals surface area (Å²) in [5, 5.41) is 5.19. The highest BCUT2D eigenvalue weighted by Gasteiger charge is 1.95. The van der Waals surface area contributed by atoms with Gasteiger partial charge in [-0.05, 0) is 12.8 Å². The van der Waals surface area contributed by atoms with E-state index >= 15 is 0 Å². The lowest BCUT2D eigenvalue weighted by Crippen LogP contribution is -2.29. The quantitative estimate of drug-likeness (QED) is 0.379. The summed E-state index contributed by atoms with van der Waals surface area (Å²) >= 11 is 0. The number of halogens is 2. The number of hydrogen-bond acceptors (Lipinski definition) is 2. The van der Waals surface area contributed by atoms with Crippen LogP contribution < -0.4 is 22.1 Å². The Kier molecular flexibility index (Phi) is 23.8. The molecule has 0 heterocycles. The highest BCUT2D eigenvalue weighted by Crippen LogP contribution is 2.10. The Hall–Kier alpha value is -0.880. The van der Waals surface area contributed by atoms with Crippen LogP contribution in [0.2, 0.25) is 0 Å². The predicted molar refractivity (Wildman–Crippen MR) is 95.8 cm³/mol. The van der Waals surface area contributed by atoms with Crippen molar-refractivity contribution in [2.24, 2.45) is 11.5 Å². The van der Waals surface area contributed by atoms with Crippen LogP contribution in [0.25, 0.3) is 0 Å². The molecular weight excluding hydrogens is 327 g/mol. The number of nitrogens with one attached hydrogen (secondary N) is 2. The van der Waals surface area contributed by atoms with Crippen molar-refractivity contribution >= 4 is 36.9 Å². The van der Waals surface area contributed by atoms with Crippen molar-refractivity contribution in [3.63, 3.8) is 0 Å². The molecule has 22 heavy (non-hydrogen) atoms. The molecule has 0 aliphatic carbocycles. The van der Waals surface area contributed by atoms with Crippen LogP contribution >= 0.6 is 24.8 Å². The Bertz CT molecular complexity index is 243. The largest absolute Gasteiger partial charge is 0.352 e. The molecule has 0 bridgehead atoms. The first-order chi connectivity index (χ1) is 9.63. The second kappa shape index (κ2) is 20.1. The molecular formula is C14H32Cl2N4O2. The number of hydrogen-bond donors (Lipinski definition) is 4. The molecule has 0 aliphatic heterocycles. The highest BCUT2D eigenvalue weighted by molar-refractivity contribution is 5.85. The van der Waals surface area contributed by atoms with E-state index in [-0.39, 0.29) is 24.8 Å². The van der Waals surface area contributed by atoms with Gasteiger partial charge in [0.2, 0.25) is 0 Å². The molecule has 6 N–H and O–H groups in total. The lowest BCUT2D eigenvalue weighted by atomic mass is 10.1. The second-order valence-electron chi connectivity index (χ2n) is 5.12. The number of nitrogens with two attached hydrogens (primary N) is 2. The summed E-state index contributed by atoms with van der Waals surface area (Å²) < 4.78 is 0. The van der Waals surface area contributed by atoms with Crippen molar-refractivity contribution in [3.05, 3.63) is 0 Å². The third-order valence-corrected chi connectivity index (χ3v) is 3.20. The van der Waals surface area contributed by atoms with Crippen molar-refractivity contribution in [2.45, 2.75) is 64.2 Å². The summed E-state index contributed by atoms with van der Waals surface area (Å²) in [7, 11) is 0. The number of amides is 4. The second-order valence-corrected chi connectivity index (χ2v) is 5.12. The van der Waals surface area contributed by atoms with Gasteiger partial charge in [0.15, 0.2) is 0 Å². The van der Waals surface area contributed by atoms with Gasteiger partial charge in [-0.3, -0.25) is 0 Å². The molecule has 134 valence electrons. The first kappa shape index (κ1) is 26.0. The number of rotatable bonds is 13. The topological polar surface area (TPSA) is 110 Å². The number of carbonyl (C=O) groups excluding carboxylic acids is 2. The van der Waals surface area contributed by atoms with Crippen molar-refractivity contribution in [1.29, 1.82) is 0 Å². The van der Waals surface area contributed by atoms with Gasteiger partial charge in [-0.15, -0.1) is 24.8 Å². The Morgan fingerprint density at radius 1 is 0.545 bits per heavy atom. The van der Waals surface area contributed by atoms with Gasteiger partial charge in [-0.2, -0.15) is 0 Å². The van der Waals surface area contributed by atoms with E-state index in [1.807, 2.05) is 0 Å². The minimum Gasteiger partial charge on any atom is -0.352 e. The molecule has 0 aliphatic rings. The average molecular weight is 359 g/mol. The maximum absolute atomic E-state index is 10.4. The van der Waals surface area contributed by atoms with Gasteiger partial charge >= 0.3 is 12.1 Å². The normalized spacial score (nSPS) is 9.27. The molecule has 0 aromatic rings. The summed E-state index contributed by atoms with van der Waals surface area (Å²) in [6.45, 7) is 1.38. The highest BCUT2D eigenvalue weighted by atomic mass is 35.5. The van der Waals surface area contributed by atoms with E-state index < -0.39 is 12.1 Å². The van der Waals surface area contributed by atoms with Crippen molar-refractivity contribution in [1.82, 2.24) is 10.6 Å². The molecule has 4 amide bonds. The molecule has 0 unspecified atom stereocenters. The van der Waals surface area contributed by atoms with Gasteiger partial charge < -0.3 is 22.1 Å². The first-order valence-corrected chi connectivity index (χ1v) is 7.69. The van der Waals surface area contributed by atoms with Gasteiger partial charge in [0.05, 0.1) is 0 Å². The number of unbranched alkanes of at least 4 members (excludes halogenated alkanes) is 9. The fourth-order valence-electron chi connectivity index (χ4n) is 2.09. The molecule has 0 fully saturated rings. The Balaban J connectivity index is -0.00000180. The summed E-state index contributed by atoms with van der Waals surface area (Å²) in [6.07, 6.45) is 11.9. The molecule has 0 saturated carbocycles. The van der Waals surface area contributed by atoms with Gasteiger partial charge in [0.1, 0.15) is 0 Å². The van der Waals surface area contributed by atoms with E-state index in [2.05, 4.69) is 10.6 Å². The Morgan fingerprint density at radius 3 is 1.00 bits per heavy atom. The van der Waals surface area contributed by atoms with Gasteiger partial charge in [-0.1, -0.05) is 51.4 Å². The van der Waals surface area contributed by atoms with Crippen molar-refractivity contribution in [3.8, 4) is 0 Å². The summed E-state index contributed by atoms with van der Waals surface area (Å²) in [6, 6.07) is -0.868. The molecule has 0 spiro atoms. The molecule has 0 saturated heterocycles. The van der Waals surface area contributed by atoms with Crippen LogP contribution in [0.3, 0.4) is 0 Å². The summed E-state index contributed by atoms with van der Waals surface area (Å²) in [4.78, 5) is 20.8. The van der Waals surface area contributed by atoms with Crippen LogP contribution in [0, 0.1) is 0 Å². The zero-order chi connectivity index (χ0) is 15.1. The number of urea groups is 2. The van der Waals surface area contributed by atoms with E-state index in [4.69, 9.17) is 11.5 Å². The fraction of sp³-hybridized carbons (Fsp3) is 0.857. The minimum atomic E-state index is -0.434. The van der Waals surface area contributed by atoms with Gasteiger partial charge in [0.25, 0.3) is 0 Å². The maximum atomic E-state index is 10.4. The van der Waals surface area contributed by atoms with Gasteiger partial charge in [-0.25, -0.2) is 9.59 Å². The minimum absolute atomic E-state index is 0. The molecule has 0 aromatic heterocycles. The molecule has 0 aromatic carbocycles. The van der Waals surface area contributed by atoms with E-state index in [1.165, 1.54) is 38.5 Å². The van der Waals surface area contributed by atoms with Crippen LogP contribution in [0.15, 0.2) is 0 Å². The van der Waals surface area contributed by atoms with Gasteiger partial charge in [0, 0.05) is 13.1 Å². The van der Waals surface area contributed by atoms with Crippen LogP contribution in [0.4, 0.5) is 9.59 Å². The van der Waals surface area contributed by atoms with Crippen LogP contribution in [-0.2, 0) is 0 Å².